The Morgan fingerprint density at radius 1 is 1.00 bits per heavy atom. The minimum absolute atomic E-state index is 0.131. The molecule has 0 atom stereocenters. The van der Waals surface area contributed by atoms with Crippen LogP contribution in [0, 0.1) is 5.82 Å². The number of methoxy groups -OCH3 is 2. The second kappa shape index (κ2) is 9.68. The Morgan fingerprint density at radius 3 is 2.34 bits per heavy atom. The van der Waals surface area contributed by atoms with Crippen LogP contribution < -0.4 is 15.2 Å². The number of amides is 1. The number of fused-ring (bicyclic) bond motifs is 1. The van der Waals surface area contributed by atoms with Gasteiger partial charge < -0.3 is 24.4 Å². The number of hydrogen-bond acceptors (Lipinski definition) is 7. The molecule has 4 rings (SSSR count). The normalized spacial score (nSPS) is 10.7. The van der Waals surface area contributed by atoms with Crippen molar-refractivity contribution in [1.82, 2.24) is 0 Å². The standard InChI is InChI=1S/C26H20FNO7/c1-32-22-11-23(34-13-24(28)30)17(10-19(22)26(31)33-2)15-5-8-21-18(9-15)20(12-29)25(35-21)14-3-6-16(27)7-4-14/h3-12H,13H2,1-2H3,(H2,28,30). The number of furan rings is 1. The predicted octanol–water partition coefficient (Wildman–Crippen LogP) is 4.38. The van der Waals surface area contributed by atoms with Crippen LogP contribution in [0.2, 0.25) is 0 Å². The van der Waals surface area contributed by atoms with Crippen LogP contribution in [0.15, 0.2) is 59.0 Å². The summed E-state index contributed by atoms with van der Waals surface area (Å²) >= 11 is 0. The second-order valence-corrected chi connectivity index (χ2v) is 7.48. The summed E-state index contributed by atoms with van der Waals surface area (Å²) in [5, 5.41) is 0.494. The number of ether oxygens (including phenoxy) is 3. The fraction of sp³-hybridized carbons (Fsp3) is 0.115. The molecule has 0 spiro atoms. The molecule has 1 aromatic heterocycles. The highest BCUT2D eigenvalue weighted by atomic mass is 19.1. The molecule has 0 saturated carbocycles. The fourth-order valence-electron chi connectivity index (χ4n) is 3.71. The van der Waals surface area contributed by atoms with Gasteiger partial charge in [-0.05, 0) is 48.0 Å². The zero-order chi connectivity index (χ0) is 25.1. The number of primary amides is 1. The minimum atomic E-state index is -0.690. The van der Waals surface area contributed by atoms with E-state index in [0.29, 0.717) is 39.7 Å². The Bertz CT molecular complexity index is 1440. The first-order valence-corrected chi connectivity index (χ1v) is 10.4. The molecule has 3 aromatic carbocycles. The van der Waals surface area contributed by atoms with Gasteiger partial charge in [-0.1, -0.05) is 6.07 Å². The summed E-state index contributed by atoms with van der Waals surface area (Å²) in [6.07, 6.45) is 0.659. The summed E-state index contributed by atoms with van der Waals surface area (Å²) in [6.45, 7) is -0.407. The lowest BCUT2D eigenvalue weighted by molar-refractivity contribution is -0.119. The van der Waals surface area contributed by atoms with Crippen LogP contribution >= 0.6 is 0 Å². The van der Waals surface area contributed by atoms with E-state index in [4.69, 9.17) is 24.4 Å². The van der Waals surface area contributed by atoms with E-state index in [1.807, 2.05) is 0 Å². The van der Waals surface area contributed by atoms with Crippen molar-refractivity contribution in [2.45, 2.75) is 0 Å². The van der Waals surface area contributed by atoms with Gasteiger partial charge in [0.1, 0.15) is 34.2 Å². The molecule has 9 heteroatoms. The van der Waals surface area contributed by atoms with Crippen molar-refractivity contribution in [2.24, 2.45) is 5.73 Å². The van der Waals surface area contributed by atoms with Gasteiger partial charge in [0.25, 0.3) is 5.91 Å². The molecule has 0 fully saturated rings. The summed E-state index contributed by atoms with van der Waals surface area (Å²) in [5.74, 6) is -1.05. The van der Waals surface area contributed by atoms with Gasteiger partial charge in [0.2, 0.25) is 0 Å². The van der Waals surface area contributed by atoms with E-state index in [1.54, 1.807) is 18.2 Å². The van der Waals surface area contributed by atoms with Crippen molar-refractivity contribution in [3.8, 4) is 33.9 Å². The average Bonchev–Trinajstić information content (AvgIpc) is 3.24. The summed E-state index contributed by atoms with van der Waals surface area (Å²) in [4.78, 5) is 35.7. The van der Waals surface area contributed by atoms with E-state index in [2.05, 4.69) is 0 Å². The number of aldehydes is 1. The maximum Gasteiger partial charge on any atom is 0.341 e. The molecule has 0 unspecified atom stereocenters. The van der Waals surface area contributed by atoms with Gasteiger partial charge in [0, 0.05) is 22.6 Å². The van der Waals surface area contributed by atoms with Crippen LogP contribution in [0.3, 0.4) is 0 Å². The van der Waals surface area contributed by atoms with Crippen molar-refractivity contribution in [1.29, 1.82) is 0 Å². The zero-order valence-corrected chi connectivity index (χ0v) is 18.8. The van der Waals surface area contributed by atoms with Crippen molar-refractivity contribution in [3.05, 3.63) is 71.5 Å². The molecule has 0 bridgehead atoms. The van der Waals surface area contributed by atoms with Crippen molar-refractivity contribution in [3.63, 3.8) is 0 Å². The van der Waals surface area contributed by atoms with Gasteiger partial charge >= 0.3 is 5.97 Å². The number of rotatable bonds is 8. The van der Waals surface area contributed by atoms with E-state index in [0.717, 1.165) is 0 Å². The number of carbonyl (C=O) groups is 3. The molecule has 2 N–H and O–H groups in total. The summed E-state index contributed by atoms with van der Waals surface area (Å²) in [5.41, 5.74) is 7.58. The lowest BCUT2D eigenvalue weighted by atomic mass is 9.98. The Hall–Kier alpha value is -4.66. The Kier molecular flexibility index (Phi) is 6.50. The lowest BCUT2D eigenvalue weighted by Gasteiger charge is -2.15. The Balaban J connectivity index is 1.91. The largest absolute Gasteiger partial charge is 0.496 e. The first-order valence-electron chi connectivity index (χ1n) is 10.4. The molecule has 0 radical (unpaired) electrons. The van der Waals surface area contributed by atoms with E-state index < -0.39 is 24.3 Å². The van der Waals surface area contributed by atoms with Crippen LogP contribution in [-0.4, -0.2) is 39.0 Å². The highest BCUT2D eigenvalue weighted by molar-refractivity contribution is 6.04. The molecule has 35 heavy (non-hydrogen) atoms. The summed E-state index contributed by atoms with van der Waals surface area (Å²) in [6, 6.07) is 13.6. The third-order valence-corrected chi connectivity index (χ3v) is 5.34. The van der Waals surface area contributed by atoms with Crippen LogP contribution in [0.1, 0.15) is 20.7 Å². The highest BCUT2D eigenvalue weighted by Gasteiger charge is 2.21. The fourth-order valence-corrected chi connectivity index (χ4v) is 3.71. The highest BCUT2D eigenvalue weighted by Crippen LogP contribution is 2.40. The molecule has 8 nitrogen and oxygen atoms in total. The average molecular weight is 477 g/mol. The van der Waals surface area contributed by atoms with Crippen LogP contribution in [-0.2, 0) is 9.53 Å². The molecule has 1 heterocycles. The first-order chi connectivity index (χ1) is 16.9. The van der Waals surface area contributed by atoms with Gasteiger partial charge in [0.15, 0.2) is 12.9 Å². The molecule has 0 saturated heterocycles. The predicted molar refractivity (Wildman–Crippen MR) is 125 cm³/mol. The summed E-state index contributed by atoms with van der Waals surface area (Å²) < 4.78 is 35.0. The van der Waals surface area contributed by atoms with Gasteiger partial charge in [0.05, 0.1) is 19.8 Å². The first kappa shape index (κ1) is 23.5. The SMILES string of the molecule is COC(=O)c1cc(-c2ccc3oc(-c4ccc(F)cc4)c(C=O)c3c2)c(OCC(N)=O)cc1OC. The number of nitrogens with two attached hydrogens (primary N) is 1. The molecule has 1 amide bonds. The number of hydrogen-bond donors (Lipinski definition) is 1. The van der Waals surface area contributed by atoms with Gasteiger partial charge in [-0.2, -0.15) is 0 Å². The third-order valence-electron chi connectivity index (χ3n) is 5.34. The second-order valence-electron chi connectivity index (χ2n) is 7.48. The summed E-state index contributed by atoms with van der Waals surface area (Å²) in [7, 11) is 2.62. The van der Waals surface area contributed by atoms with E-state index in [1.165, 1.54) is 50.6 Å². The van der Waals surface area contributed by atoms with Gasteiger partial charge in [-0.25, -0.2) is 9.18 Å². The maximum absolute atomic E-state index is 13.4. The quantitative estimate of drug-likeness (QED) is 0.296. The molecule has 0 aliphatic rings. The zero-order valence-electron chi connectivity index (χ0n) is 18.8. The number of carbonyl (C=O) groups excluding carboxylic acids is 3. The molecular formula is C26H20FNO7. The maximum atomic E-state index is 13.4. The van der Waals surface area contributed by atoms with Crippen molar-refractivity contribution in [2.75, 3.05) is 20.8 Å². The molecule has 0 aliphatic carbocycles. The third kappa shape index (κ3) is 4.56. The molecular weight excluding hydrogens is 457 g/mol. The smallest absolute Gasteiger partial charge is 0.341 e. The van der Waals surface area contributed by atoms with Crippen LogP contribution in [0.4, 0.5) is 4.39 Å². The van der Waals surface area contributed by atoms with E-state index >= 15 is 0 Å². The van der Waals surface area contributed by atoms with E-state index in [9.17, 15) is 18.8 Å². The molecule has 0 aliphatic heterocycles. The number of esters is 1. The molecule has 4 aromatic rings. The van der Waals surface area contributed by atoms with Crippen LogP contribution in [0.25, 0.3) is 33.4 Å². The van der Waals surface area contributed by atoms with Gasteiger partial charge in [-0.3, -0.25) is 9.59 Å². The van der Waals surface area contributed by atoms with Gasteiger partial charge in [-0.15, -0.1) is 0 Å². The van der Waals surface area contributed by atoms with Crippen molar-refractivity contribution >= 4 is 29.1 Å². The Morgan fingerprint density at radius 2 is 1.71 bits per heavy atom. The number of benzene rings is 3. The topological polar surface area (TPSA) is 118 Å². The number of halogens is 1. The monoisotopic (exact) mass is 477 g/mol. The van der Waals surface area contributed by atoms with E-state index in [-0.39, 0.29) is 22.6 Å². The van der Waals surface area contributed by atoms with Crippen molar-refractivity contribution < 1.29 is 37.4 Å². The minimum Gasteiger partial charge on any atom is -0.496 e. The molecule has 178 valence electrons. The van der Waals surface area contributed by atoms with Crippen LogP contribution in [0.5, 0.6) is 11.5 Å². The Labute approximate surface area is 199 Å². The lowest BCUT2D eigenvalue weighted by Crippen LogP contribution is -2.20.